The van der Waals surface area contributed by atoms with Crippen LogP contribution in [-0.2, 0) is 26.6 Å². The van der Waals surface area contributed by atoms with Gasteiger partial charge in [-0.05, 0) is 32.8 Å². The number of fused-ring (bicyclic) bond motifs is 1. The first-order chi connectivity index (χ1) is 13.4. The van der Waals surface area contributed by atoms with Gasteiger partial charge in [0.15, 0.2) is 0 Å². The summed E-state index contributed by atoms with van der Waals surface area (Å²) in [6, 6.07) is -0.199. The lowest BCUT2D eigenvalue weighted by Crippen LogP contribution is -2.32. The highest BCUT2D eigenvalue weighted by molar-refractivity contribution is 7.10. The minimum absolute atomic E-state index is 0.0489. The van der Waals surface area contributed by atoms with E-state index in [0.29, 0.717) is 0 Å². The van der Waals surface area contributed by atoms with Gasteiger partial charge in [-0.2, -0.15) is 5.10 Å². The number of nitrogens with one attached hydrogen (secondary N) is 1. The molecule has 4 rings (SSSR count). The standard InChI is InChI=1S/C19H24N6O2S/c1-11-15(13(3)27-23-11)7-25-6-5-14-16(9-28-17(14)8-25)19(26)22-12(2)18-20-10-21-24(18)4/h9-10,12H,5-8H2,1-4H3,(H,22,26)/t12-/m0/s1. The van der Waals surface area contributed by atoms with Crippen molar-refractivity contribution in [3.05, 3.63) is 50.6 Å². The third kappa shape index (κ3) is 3.47. The summed E-state index contributed by atoms with van der Waals surface area (Å²) in [5.41, 5.74) is 4.07. The maximum Gasteiger partial charge on any atom is 0.252 e. The molecule has 0 aliphatic carbocycles. The number of aromatic nitrogens is 4. The van der Waals surface area contributed by atoms with Crippen LogP contribution in [0.15, 0.2) is 16.2 Å². The summed E-state index contributed by atoms with van der Waals surface area (Å²) >= 11 is 1.66. The summed E-state index contributed by atoms with van der Waals surface area (Å²) in [5.74, 6) is 1.57. The Morgan fingerprint density at radius 1 is 1.43 bits per heavy atom. The molecule has 0 radical (unpaired) electrons. The highest BCUT2D eigenvalue weighted by Gasteiger charge is 2.26. The lowest BCUT2D eigenvalue weighted by atomic mass is 10.0. The quantitative estimate of drug-likeness (QED) is 0.708. The van der Waals surface area contributed by atoms with Crippen LogP contribution in [0, 0.1) is 13.8 Å². The van der Waals surface area contributed by atoms with Crippen molar-refractivity contribution >= 4 is 17.2 Å². The number of hydrogen-bond donors (Lipinski definition) is 1. The average Bonchev–Trinajstić information content (AvgIpc) is 3.36. The second-order valence-electron chi connectivity index (χ2n) is 7.25. The van der Waals surface area contributed by atoms with Gasteiger partial charge in [0.05, 0.1) is 17.3 Å². The molecule has 4 heterocycles. The molecule has 0 fully saturated rings. The number of carbonyl (C=O) groups excluding carboxylic acids is 1. The average molecular weight is 401 g/mol. The van der Waals surface area contributed by atoms with Crippen LogP contribution in [0.25, 0.3) is 0 Å². The van der Waals surface area contributed by atoms with Crippen molar-refractivity contribution in [2.45, 2.75) is 46.3 Å². The normalized spacial score (nSPS) is 15.4. The van der Waals surface area contributed by atoms with Crippen molar-refractivity contribution in [3.8, 4) is 0 Å². The summed E-state index contributed by atoms with van der Waals surface area (Å²) in [4.78, 5) is 20.7. The smallest absolute Gasteiger partial charge is 0.252 e. The van der Waals surface area contributed by atoms with Crippen molar-refractivity contribution in [1.82, 2.24) is 30.1 Å². The molecule has 0 unspecified atom stereocenters. The van der Waals surface area contributed by atoms with E-state index in [1.807, 2.05) is 33.2 Å². The molecule has 1 amide bonds. The van der Waals surface area contributed by atoms with Crippen molar-refractivity contribution in [1.29, 1.82) is 0 Å². The SMILES string of the molecule is Cc1noc(C)c1CN1CCc2c(C(=O)N[C@@H](C)c3ncnn3C)csc2C1. The molecule has 1 aliphatic rings. The minimum atomic E-state index is -0.199. The first kappa shape index (κ1) is 18.8. The topological polar surface area (TPSA) is 89.1 Å². The van der Waals surface area contributed by atoms with Crippen LogP contribution in [-0.4, -0.2) is 37.3 Å². The summed E-state index contributed by atoms with van der Waals surface area (Å²) in [7, 11) is 1.82. The predicted octanol–water partition coefficient (Wildman–Crippen LogP) is 2.53. The molecule has 148 valence electrons. The number of aryl methyl sites for hydroxylation is 3. The summed E-state index contributed by atoms with van der Waals surface area (Å²) in [5, 5.41) is 13.1. The maximum absolute atomic E-state index is 12.8. The number of amides is 1. The van der Waals surface area contributed by atoms with E-state index in [0.717, 1.165) is 54.5 Å². The van der Waals surface area contributed by atoms with Gasteiger partial charge < -0.3 is 9.84 Å². The zero-order valence-electron chi connectivity index (χ0n) is 16.5. The largest absolute Gasteiger partial charge is 0.361 e. The van der Waals surface area contributed by atoms with Crippen molar-refractivity contribution in [3.63, 3.8) is 0 Å². The second-order valence-corrected chi connectivity index (χ2v) is 8.22. The van der Waals surface area contributed by atoms with Crippen molar-refractivity contribution in [2.24, 2.45) is 7.05 Å². The Hall–Kier alpha value is -2.52. The fourth-order valence-electron chi connectivity index (χ4n) is 3.69. The molecule has 0 spiro atoms. The molecule has 1 atom stereocenters. The van der Waals surface area contributed by atoms with E-state index in [-0.39, 0.29) is 11.9 Å². The number of nitrogens with zero attached hydrogens (tertiary/aromatic N) is 5. The zero-order valence-corrected chi connectivity index (χ0v) is 17.3. The van der Waals surface area contributed by atoms with Gasteiger partial charge in [-0.3, -0.25) is 14.4 Å². The van der Waals surface area contributed by atoms with Crippen LogP contribution >= 0.6 is 11.3 Å². The second kappa shape index (κ2) is 7.48. The van der Waals surface area contributed by atoms with Crippen molar-refractivity contribution in [2.75, 3.05) is 6.54 Å². The van der Waals surface area contributed by atoms with E-state index in [9.17, 15) is 4.79 Å². The van der Waals surface area contributed by atoms with E-state index in [1.165, 1.54) is 16.8 Å². The Morgan fingerprint density at radius 2 is 2.25 bits per heavy atom. The molecule has 0 aromatic carbocycles. The zero-order chi connectivity index (χ0) is 19.8. The molecule has 3 aromatic rings. The third-order valence-electron chi connectivity index (χ3n) is 5.31. The van der Waals surface area contributed by atoms with Crippen LogP contribution in [0.4, 0.5) is 0 Å². The Bertz CT molecular complexity index is 985. The van der Waals surface area contributed by atoms with Gasteiger partial charge in [0, 0.05) is 42.5 Å². The van der Waals surface area contributed by atoms with Crippen molar-refractivity contribution < 1.29 is 9.32 Å². The number of hydrogen-bond acceptors (Lipinski definition) is 7. The summed E-state index contributed by atoms with van der Waals surface area (Å²) in [6.45, 7) is 8.43. The first-order valence-electron chi connectivity index (χ1n) is 9.32. The molecule has 8 nitrogen and oxygen atoms in total. The fraction of sp³-hybridized carbons (Fsp3) is 0.474. The van der Waals surface area contributed by atoms with Gasteiger partial charge >= 0.3 is 0 Å². The molecule has 0 bridgehead atoms. The van der Waals surface area contributed by atoms with Crippen LogP contribution in [0.3, 0.4) is 0 Å². The van der Waals surface area contributed by atoms with Gasteiger partial charge in [0.25, 0.3) is 5.91 Å². The number of carbonyl (C=O) groups is 1. The molecule has 3 aromatic heterocycles. The fourth-order valence-corrected chi connectivity index (χ4v) is 4.82. The molecule has 9 heteroatoms. The van der Waals surface area contributed by atoms with Gasteiger partial charge in [0.2, 0.25) is 0 Å². The number of rotatable bonds is 5. The molecular formula is C19H24N6O2S. The Balaban J connectivity index is 1.45. The monoisotopic (exact) mass is 400 g/mol. The van der Waals surface area contributed by atoms with E-state index < -0.39 is 0 Å². The summed E-state index contributed by atoms with van der Waals surface area (Å²) < 4.78 is 6.96. The molecular weight excluding hydrogens is 376 g/mol. The predicted molar refractivity (Wildman–Crippen MR) is 105 cm³/mol. The lowest BCUT2D eigenvalue weighted by molar-refractivity contribution is 0.0936. The highest BCUT2D eigenvalue weighted by atomic mass is 32.1. The molecule has 1 aliphatic heterocycles. The van der Waals surface area contributed by atoms with E-state index >= 15 is 0 Å². The lowest BCUT2D eigenvalue weighted by Gasteiger charge is -2.27. The molecule has 28 heavy (non-hydrogen) atoms. The van der Waals surface area contributed by atoms with Gasteiger partial charge in [0.1, 0.15) is 17.9 Å². The minimum Gasteiger partial charge on any atom is -0.361 e. The van der Waals surface area contributed by atoms with Crippen LogP contribution in [0.1, 0.15) is 56.6 Å². The van der Waals surface area contributed by atoms with Crippen LogP contribution in [0.2, 0.25) is 0 Å². The molecule has 0 saturated heterocycles. The van der Waals surface area contributed by atoms with Gasteiger partial charge in [-0.15, -0.1) is 11.3 Å². The van der Waals surface area contributed by atoms with Gasteiger partial charge in [-0.25, -0.2) is 4.98 Å². The summed E-state index contributed by atoms with van der Waals surface area (Å²) in [6.07, 6.45) is 2.36. The first-order valence-corrected chi connectivity index (χ1v) is 10.2. The van der Waals surface area contributed by atoms with Crippen LogP contribution in [0.5, 0.6) is 0 Å². The van der Waals surface area contributed by atoms with Crippen LogP contribution < -0.4 is 5.32 Å². The maximum atomic E-state index is 12.8. The molecule has 1 N–H and O–H groups in total. The Morgan fingerprint density at radius 3 is 2.93 bits per heavy atom. The third-order valence-corrected chi connectivity index (χ3v) is 6.33. The molecule has 0 saturated carbocycles. The van der Waals surface area contributed by atoms with E-state index in [2.05, 4.69) is 25.5 Å². The van der Waals surface area contributed by atoms with E-state index in [4.69, 9.17) is 4.52 Å². The van der Waals surface area contributed by atoms with Gasteiger partial charge in [-0.1, -0.05) is 5.16 Å². The highest BCUT2D eigenvalue weighted by Crippen LogP contribution is 2.30. The Labute approximate surface area is 167 Å². The Kier molecular flexibility index (Phi) is 5.03. The van der Waals surface area contributed by atoms with E-state index in [1.54, 1.807) is 16.0 Å². The number of thiophene rings is 1.